The Morgan fingerprint density at radius 1 is 1.03 bits per heavy atom. The van der Waals surface area contributed by atoms with E-state index in [4.69, 9.17) is 27.9 Å². The van der Waals surface area contributed by atoms with Crippen molar-refractivity contribution in [3.05, 3.63) is 81.1 Å². The normalized spacial score (nSPS) is 10.8. The van der Waals surface area contributed by atoms with Gasteiger partial charge in [0.25, 0.3) is 0 Å². The molecule has 0 spiro atoms. The maximum absolute atomic E-state index is 14.3. The van der Waals surface area contributed by atoms with Gasteiger partial charge in [0.15, 0.2) is 5.78 Å². The number of phenols is 1. The van der Waals surface area contributed by atoms with Crippen molar-refractivity contribution in [2.45, 2.75) is 20.3 Å². The van der Waals surface area contributed by atoms with Crippen LogP contribution in [0.4, 0.5) is 4.39 Å². The topological polar surface area (TPSA) is 46.5 Å². The molecule has 0 fully saturated rings. The van der Waals surface area contributed by atoms with Crippen LogP contribution < -0.4 is 4.74 Å². The molecule has 0 aliphatic rings. The zero-order valence-corrected chi connectivity index (χ0v) is 17.4. The van der Waals surface area contributed by atoms with Gasteiger partial charge in [-0.3, -0.25) is 4.79 Å². The van der Waals surface area contributed by atoms with Gasteiger partial charge in [-0.25, -0.2) is 4.39 Å². The molecular formula is C23H19Cl2FO3. The molecule has 0 unspecified atom stereocenters. The molecule has 3 aromatic rings. The number of aryl methyl sites for hydroxylation is 1. The summed E-state index contributed by atoms with van der Waals surface area (Å²) < 4.78 is 19.7. The molecule has 6 heteroatoms. The van der Waals surface area contributed by atoms with E-state index in [0.29, 0.717) is 38.9 Å². The molecule has 29 heavy (non-hydrogen) atoms. The molecule has 0 amide bonds. The number of phenolic OH excluding ortho intramolecular Hbond substituents is 1. The van der Waals surface area contributed by atoms with Crippen molar-refractivity contribution in [3.8, 4) is 22.6 Å². The van der Waals surface area contributed by atoms with Gasteiger partial charge >= 0.3 is 0 Å². The van der Waals surface area contributed by atoms with Gasteiger partial charge in [0.2, 0.25) is 0 Å². The molecule has 3 rings (SSSR count). The highest BCUT2D eigenvalue weighted by molar-refractivity contribution is 6.36. The number of hydrogen-bond donors (Lipinski definition) is 1. The highest BCUT2D eigenvalue weighted by Gasteiger charge is 2.14. The Labute approximate surface area is 178 Å². The van der Waals surface area contributed by atoms with Gasteiger partial charge in [0, 0.05) is 27.6 Å². The first kappa shape index (κ1) is 21.2. The number of carbonyl (C=O) groups is 1. The molecule has 0 heterocycles. The Kier molecular flexibility index (Phi) is 6.46. The Morgan fingerprint density at radius 3 is 2.38 bits per heavy atom. The monoisotopic (exact) mass is 432 g/mol. The fourth-order valence-electron chi connectivity index (χ4n) is 2.98. The number of rotatable bonds is 6. The van der Waals surface area contributed by atoms with Gasteiger partial charge in [0.05, 0.1) is 0 Å². The van der Waals surface area contributed by atoms with E-state index in [1.807, 2.05) is 6.92 Å². The summed E-state index contributed by atoms with van der Waals surface area (Å²) >= 11 is 12.8. The van der Waals surface area contributed by atoms with Crippen LogP contribution in [0.25, 0.3) is 11.1 Å². The van der Waals surface area contributed by atoms with Gasteiger partial charge in [-0.05, 0) is 61.4 Å². The van der Waals surface area contributed by atoms with Gasteiger partial charge in [-0.15, -0.1) is 0 Å². The standard InChI is InChI=1S/C23H19Cl2FO3/c1-13-3-5-22(26)17(7-13)18-8-15(4-6-23(18)28)9-19-20(24)10-16(11-21(19)25)29-12-14(2)27/h3-8,10-11,28H,9,12H2,1-2H3. The largest absolute Gasteiger partial charge is 0.507 e. The van der Waals surface area contributed by atoms with Gasteiger partial charge in [-0.2, -0.15) is 0 Å². The molecule has 0 aliphatic heterocycles. The summed E-state index contributed by atoms with van der Waals surface area (Å²) in [7, 11) is 0. The average Bonchev–Trinajstić information content (AvgIpc) is 2.66. The maximum atomic E-state index is 14.3. The van der Waals surface area contributed by atoms with Crippen LogP contribution in [0, 0.1) is 12.7 Å². The van der Waals surface area contributed by atoms with Crippen LogP contribution in [0.5, 0.6) is 11.5 Å². The van der Waals surface area contributed by atoms with Crippen LogP contribution in [-0.2, 0) is 11.2 Å². The Balaban J connectivity index is 1.93. The second-order valence-corrected chi connectivity index (χ2v) is 7.68. The van der Waals surface area contributed by atoms with Crippen LogP contribution in [0.1, 0.15) is 23.6 Å². The SMILES string of the molecule is CC(=O)COc1cc(Cl)c(Cc2ccc(O)c(-c3cc(C)ccc3F)c2)c(Cl)c1. The summed E-state index contributed by atoms with van der Waals surface area (Å²) in [5.41, 5.74) is 3.09. The number of ketones is 1. The number of halogens is 3. The summed E-state index contributed by atoms with van der Waals surface area (Å²) in [6, 6.07) is 12.9. The van der Waals surface area contributed by atoms with E-state index in [-0.39, 0.29) is 18.1 Å². The van der Waals surface area contributed by atoms with Crippen molar-refractivity contribution in [1.29, 1.82) is 0 Å². The lowest BCUT2D eigenvalue weighted by Gasteiger charge is -2.13. The van der Waals surface area contributed by atoms with Crippen molar-refractivity contribution in [2.75, 3.05) is 6.61 Å². The number of aromatic hydroxyl groups is 1. The minimum absolute atomic E-state index is 0.0107. The first-order valence-electron chi connectivity index (χ1n) is 8.93. The number of carbonyl (C=O) groups excluding carboxylic acids is 1. The fraction of sp³-hybridized carbons (Fsp3) is 0.174. The Morgan fingerprint density at radius 2 is 1.72 bits per heavy atom. The van der Waals surface area contributed by atoms with E-state index < -0.39 is 5.82 Å². The second kappa shape index (κ2) is 8.85. The lowest BCUT2D eigenvalue weighted by Crippen LogP contribution is -2.06. The summed E-state index contributed by atoms with van der Waals surface area (Å²) in [6.45, 7) is 3.23. The van der Waals surface area contributed by atoms with Gasteiger partial charge in [0.1, 0.15) is 23.9 Å². The molecule has 3 aromatic carbocycles. The van der Waals surface area contributed by atoms with E-state index >= 15 is 0 Å². The predicted octanol–water partition coefficient (Wildman–Crippen LogP) is 6.37. The summed E-state index contributed by atoms with van der Waals surface area (Å²) in [5.74, 6) is -0.122. The lowest BCUT2D eigenvalue weighted by atomic mass is 9.97. The predicted molar refractivity (Wildman–Crippen MR) is 114 cm³/mol. The number of hydrogen-bond acceptors (Lipinski definition) is 3. The van der Waals surface area contributed by atoms with Crippen molar-refractivity contribution in [2.24, 2.45) is 0 Å². The molecular weight excluding hydrogens is 414 g/mol. The van der Waals surface area contributed by atoms with Crippen LogP contribution in [0.3, 0.4) is 0 Å². The first-order chi connectivity index (χ1) is 13.7. The number of ether oxygens (including phenoxy) is 1. The summed E-state index contributed by atoms with van der Waals surface area (Å²) in [5, 5.41) is 11.0. The summed E-state index contributed by atoms with van der Waals surface area (Å²) in [6.07, 6.45) is 0.380. The zero-order valence-electron chi connectivity index (χ0n) is 15.9. The number of Topliss-reactive ketones (excluding diaryl/α,β-unsaturated/α-hetero) is 1. The molecule has 0 saturated carbocycles. The Hall–Kier alpha value is -2.56. The third kappa shape index (κ3) is 5.08. The van der Waals surface area contributed by atoms with E-state index in [1.165, 1.54) is 19.1 Å². The van der Waals surface area contributed by atoms with Crippen molar-refractivity contribution >= 4 is 29.0 Å². The van der Waals surface area contributed by atoms with Crippen LogP contribution >= 0.6 is 23.2 Å². The highest BCUT2D eigenvalue weighted by atomic mass is 35.5. The second-order valence-electron chi connectivity index (χ2n) is 6.87. The van der Waals surface area contributed by atoms with Crippen molar-refractivity contribution < 1.29 is 19.0 Å². The van der Waals surface area contributed by atoms with Crippen LogP contribution in [0.15, 0.2) is 48.5 Å². The minimum atomic E-state index is -0.411. The lowest BCUT2D eigenvalue weighted by molar-refractivity contribution is -0.118. The van der Waals surface area contributed by atoms with Crippen molar-refractivity contribution in [3.63, 3.8) is 0 Å². The van der Waals surface area contributed by atoms with E-state index in [9.17, 15) is 14.3 Å². The number of benzene rings is 3. The zero-order chi connectivity index (χ0) is 21.1. The van der Waals surface area contributed by atoms with Crippen molar-refractivity contribution in [1.82, 2.24) is 0 Å². The van der Waals surface area contributed by atoms with E-state index in [0.717, 1.165) is 11.1 Å². The molecule has 150 valence electrons. The van der Waals surface area contributed by atoms with Crippen LogP contribution in [-0.4, -0.2) is 17.5 Å². The van der Waals surface area contributed by atoms with Gasteiger partial charge in [-0.1, -0.05) is 40.9 Å². The smallest absolute Gasteiger partial charge is 0.167 e. The molecule has 0 radical (unpaired) electrons. The fourth-order valence-corrected chi connectivity index (χ4v) is 3.58. The minimum Gasteiger partial charge on any atom is -0.507 e. The molecule has 1 N–H and O–H groups in total. The van der Waals surface area contributed by atoms with Gasteiger partial charge < -0.3 is 9.84 Å². The molecule has 0 aromatic heterocycles. The molecule has 0 bridgehead atoms. The summed E-state index contributed by atoms with van der Waals surface area (Å²) in [4.78, 5) is 11.1. The van der Waals surface area contributed by atoms with Crippen LogP contribution in [0.2, 0.25) is 10.0 Å². The molecule has 0 saturated heterocycles. The Bertz CT molecular complexity index is 1060. The maximum Gasteiger partial charge on any atom is 0.167 e. The first-order valence-corrected chi connectivity index (χ1v) is 9.68. The average molecular weight is 433 g/mol. The quantitative estimate of drug-likeness (QED) is 0.491. The molecule has 0 atom stereocenters. The molecule has 3 nitrogen and oxygen atoms in total. The molecule has 0 aliphatic carbocycles. The van der Waals surface area contributed by atoms with E-state index in [1.54, 1.807) is 36.4 Å². The third-order valence-electron chi connectivity index (χ3n) is 4.41. The van der Waals surface area contributed by atoms with E-state index in [2.05, 4.69) is 0 Å². The third-order valence-corrected chi connectivity index (χ3v) is 5.09. The highest BCUT2D eigenvalue weighted by Crippen LogP contribution is 2.36.